The van der Waals surface area contributed by atoms with Crippen LogP contribution in [0.15, 0.2) is 12.3 Å². The Bertz CT molecular complexity index is 427. The molecule has 0 spiro atoms. The summed E-state index contributed by atoms with van der Waals surface area (Å²) >= 11 is 5.64. The summed E-state index contributed by atoms with van der Waals surface area (Å²) in [5.41, 5.74) is 0. The second-order valence-electron chi connectivity index (χ2n) is 3.69. The number of amides is 1. The fraction of sp³-hybridized carbons (Fsp3) is 0.400. The fourth-order valence-electron chi connectivity index (χ4n) is 1.70. The molecule has 2 rings (SSSR count). The van der Waals surface area contributed by atoms with Gasteiger partial charge in [0, 0.05) is 24.9 Å². The smallest absolute Gasteiger partial charge is 0.228 e. The van der Waals surface area contributed by atoms with Gasteiger partial charge in [0.15, 0.2) is 11.6 Å². The Morgan fingerprint density at radius 2 is 2.31 bits per heavy atom. The van der Waals surface area contributed by atoms with Gasteiger partial charge >= 0.3 is 0 Å². The van der Waals surface area contributed by atoms with Crippen molar-refractivity contribution >= 4 is 23.3 Å². The van der Waals surface area contributed by atoms with E-state index in [1.54, 1.807) is 0 Å². The van der Waals surface area contributed by atoms with Crippen LogP contribution in [0.1, 0.15) is 6.42 Å². The van der Waals surface area contributed by atoms with E-state index in [0.717, 1.165) is 6.20 Å². The average Bonchev–Trinajstić information content (AvgIpc) is 2.60. The van der Waals surface area contributed by atoms with Crippen LogP contribution in [0.4, 0.5) is 14.6 Å². The van der Waals surface area contributed by atoms with Crippen molar-refractivity contribution < 1.29 is 13.6 Å². The summed E-state index contributed by atoms with van der Waals surface area (Å²) in [5, 5.41) is 0. The minimum Gasteiger partial charge on any atom is -0.294 e. The van der Waals surface area contributed by atoms with E-state index in [9.17, 15) is 13.6 Å². The number of pyridine rings is 1. The first-order valence-corrected chi connectivity index (χ1v) is 5.32. The summed E-state index contributed by atoms with van der Waals surface area (Å²) < 4.78 is 26.0. The number of hydrogen-bond acceptors (Lipinski definition) is 2. The van der Waals surface area contributed by atoms with Crippen molar-refractivity contribution in [3.63, 3.8) is 0 Å². The van der Waals surface area contributed by atoms with Gasteiger partial charge in [0.2, 0.25) is 5.91 Å². The van der Waals surface area contributed by atoms with Gasteiger partial charge in [-0.2, -0.15) is 0 Å². The van der Waals surface area contributed by atoms with Crippen LogP contribution in [0.25, 0.3) is 0 Å². The molecule has 0 radical (unpaired) electrons. The van der Waals surface area contributed by atoms with Gasteiger partial charge in [-0.05, 0) is 5.92 Å². The van der Waals surface area contributed by atoms with E-state index in [2.05, 4.69) is 4.98 Å². The van der Waals surface area contributed by atoms with E-state index in [1.165, 1.54) is 4.90 Å². The number of nitrogens with zero attached hydrogens (tertiary/aromatic N) is 2. The van der Waals surface area contributed by atoms with Gasteiger partial charge in [0.05, 0.1) is 6.20 Å². The van der Waals surface area contributed by atoms with Gasteiger partial charge in [-0.25, -0.2) is 13.8 Å². The number of rotatable bonds is 2. The number of anilines is 1. The Hall–Kier alpha value is -1.23. The second kappa shape index (κ2) is 4.33. The van der Waals surface area contributed by atoms with Gasteiger partial charge in [-0.3, -0.25) is 9.69 Å². The number of carbonyl (C=O) groups excluding carboxylic acids is 1. The molecule has 1 saturated heterocycles. The molecule has 16 heavy (non-hydrogen) atoms. The van der Waals surface area contributed by atoms with Crippen molar-refractivity contribution in [1.82, 2.24) is 4.98 Å². The van der Waals surface area contributed by atoms with Crippen LogP contribution in [0.5, 0.6) is 0 Å². The Morgan fingerprint density at radius 1 is 1.56 bits per heavy atom. The molecule has 0 N–H and O–H groups in total. The summed E-state index contributed by atoms with van der Waals surface area (Å²) in [6.45, 7) is 0.331. The molecule has 0 aromatic carbocycles. The summed E-state index contributed by atoms with van der Waals surface area (Å²) in [5.74, 6) is -1.61. The lowest BCUT2D eigenvalue weighted by Crippen LogP contribution is -2.26. The molecule has 1 aliphatic heterocycles. The number of carbonyl (C=O) groups is 1. The molecule has 3 nitrogen and oxygen atoms in total. The average molecular weight is 247 g/mol. The number of halogens is 3. The standard InChI is InChI=1S/C10H9ClF2N2O/c11-3-6-1-9(16)15(5-6)10-8(13)2-7(12)4-14-10/h2,4,6H,1,3,5H2. The highest BCUT2D eigenvalue weighted by atomic mass is 35.5. The highest BCUT2D eigenvalue weighted by Crippen LogP contribution is 2.26. The molecule has 1 unspecified atom stereocenters. The van der Waals surface area contributed by atoms with Crippen molar-refractivity contribution in [3.05, 3.63) is 23.9 Å². The largest absolute Gasteiger partial charge is 0.294 e. The minimum atomic E-state index is -0.830. The molecular weight excluding hydrogens is 238 g/mol. The SMILES string of the molecule is O=C1CC(CCl)CN1c1ncc(F)cc1F. The van der Waals surface area contributed by atoms with Crippen molar-refractivity contribution in [3.8, 4) is 0 Å². The second-order valence-corrected chi connectivity index (χ2v) is 4.00. The molecule has 0 saturated carbocycles. The molecule has 1 amide bonds. The molecule has 0 bridgehead atoms. The fourth-order valence-corrected chi connectivity index (χ4v) is 1.90. The number of hydrogen-bond donors (Lipinski definition) is 0. The van der Waals surface area contributed by atoms with Crippen LogP contribution in [0, 0.1) is 17.6 Å². The maximum Gasteiger partial charge on any atom is 0.228 e. The first kappa shape index (κ1) is 11.3. The number of aromatic nitrogens is 1. The Morgan fingerprint density at radius 3 is 2.88 bits per heavy atom. The summed E-state index contributed by atoms with van der Waals surface area (Å²) in [7, 11) is 0. The zero-order valence-electron chi connectivity index (χ0n) is 8.29. The van der Waals surface area contributed by atoms with Crippen LogP contribution in [0.2, 0.25) is 0 Å². The Balaban J connectivity index is 2.28. The van der Waals surface area contributed by atoms with Crippen molar-refractivity contribution in [2.24, 2.45) is 5.92 Å². The molecule has 1 aromatic heterocycles. The van der Waals surface area contributed by atoms with E-state index in [0.29, 0.717) is 18.5 Å². The highest BCUT2D eigenvalue weighted by molar-refractivity contribution is 6.18. The van der Waals surface area contributed by atoms with Crippen molar-refractivity contribution in [2.45, 2.75) is 6.42 Å². The van der Waals surface area contributed by atoms with E-state index in [1.807, 2.05) is 0 Å². The van der Waals surface area contributed by atoms with Crippen LogP contribution in [-0.4, -0.2) is 23.3 Å². The van der Waals surface area contributed by atoms with Crippen molar-refractivity contribution in [1.29, 1.82) is 0 Å². The minimum absolute atomic E-state index is 0.000389. The highest BCUT2D eigenvalue weighted by Gasteiger charge is 2.32. The van der Waals surface area contributed by atoms with E-state index >= 15 is 0 Å². The van der Waals surface area contributed by atoms with Crippen LogP contribution < -0.4 is 4.90 Å². The third kappa shape index (κ3) is 2.00. The quantitative estimate of drug-likeness (QED) is 0.748. The number of alkyl halides is 1. The maximum atomic E-state index is 13.4. The zero-order chi connectivity index (χ0) is 11.7. The third-order valence-electron chi connectivity index (χ3n) is 2.47. The lowest BCUT2D eigenvalue weighted by molar-refractivity contribution is -0.117. The summed E-state index contributed by atoms with van der Waals surface area (Å²) in [6.07, 6.45) is 1.17. The predicted molar refractivity (Wildman–Crippen MR) is 55.3 cm³/mol. The van der Waals surface area contributed by atoms with Crippen LogP contribution in [-0.2, 0) is 4.79 Å². The first-order valence-electron chi connectivity index (χ1n) is 4.79. The molecule has 6 heteroatoms. The topological polar surface area (TPSA) is 33.2 Å². The van der Waals surface area contributed by atoms with Gasteiger partial charge in [-0.1, -0.05) is 0 Å². The molecule has 2 heterocycles. The Kier molecular flexibility index (Phi) is 3.05. The van der Waals surface area contributed by atoms with Crippen LogP contribution in [0.3, 0.4) is 0 Å². The molecule has 0 aliphatic carbocycles. The summed E-state index contributed by atoms with van der Waals surface area (Å²) in [4.78, 5) is 16.3. The Labute approximate surface area is 96.0 Å². The normalized spacial score (nSPS) is 20.6. The van der Waals surface area contributed by atoms with E-state index in [-0.39, 0.29) is 24.1 Å². The van der Waals surface area contributed by atoms with Gasteiger partial charge in [0.25, 0.3) is 0 Å². The van der Waals surface area contributed by atoms with E-state index in [4.69, 9.17) is 11.6 Å². The van der Waals surface area contributed by atoms with Gasteiger partial charge in [-0.15, -0.1) is 11.6 Å². The maximum absolute atomic E-state index is 13.4. The molecule has 1 aliphatic rings. The zero-order valence-corrected chi connectivity index (χ0v) is 9.05. The molecule has 86 valence electrons. The lowest BCUT2D eigenvalue weighted by atomic mass is 10.1. The third-order valence-corrected chi connectivity index (χ3v) is 2.90. The monoisotopic (exact) mass is 246 g/mol. The van der Waals surface area contributed by atoms with Gasteiger partial charge in [0.1, 0.15) is 5.82 Å². The summed E-state index contributed by atoms with van der Waals surface area (Å²) in [6, 6.07) is 0.712. The predicted octanol–water partition coefficient (Wildman–Crippen LogP) is 1.95. The lowest BCUT2D eigenvalue weighted by Gasteiger charge is -2.15. The van der Waals surface area contributed by atoms with Gasteiger partial charge < -0.3 is 0 Å². The van der Waals surface area contributed by atoms with Crippen LogP contribution >= 0.6 is 11.6 Å². The first-order chi connectivity index (χ1) is 7.61. The molecule has 1 fully saturated rings. The molecule has 1 atom stereocenters. The van der Waals surface area contributed by atoms with Crippen molar-refractivity contribution in [2.75, 3.05) is 17.3 Å². The van der Waals surface area contributed by atoms with E-state index < -0.39 is 11.6 Å². The molecular formula is C10H9ClF2N2O. The molecule has 1 aromatic rings.